The average Bonchev–Trinajstić information content (AvgIpc) is 2.69. The van der Waals surface area contributed by atoms with E-state index in [2.05, 4.69) is 5.10 Å². The summed E-state index contributed by atoms with van der Waals surface area (Å²) in [6.45, 7) is 0. The number of anilines is 1. The Morgan fingerprint density at radius 2 is 1.94 bits per heavy atom. The van der Waals surface area contributed by atoms with Crippen molar-refractivity contribution in [3.8, 4) is 17.0 Å². The largest absolute Gasteiger partial charge is 0.507 e. The van der Waals surface area contributed by atoms with Gasteiger partial charge < -0.3 is 10.8 Å². The second-order valence-corrected chi connectivity index (χ2v) is 4.26. The molecule has 0 radical (unpaired) electrons. The van der Waals surface area contributed by atoms with Crippen molar-refractivity contribution in [2.24, 2.45) is 7.05 Å². The highest BCUT2D eigenvalue weighted by Crippen LogP contribution is 2.35. The molecule has 18 heavy (non-hydrogen) atoms. The summed E-state index contributed by atoms with van der Waals surface area (Å²) in [4.78, 5) is 0. The second kappa shape index (κ2) is 3.77. The van der Waals surface area contributed by atoms with Crippen molar-refractivity contribution >= 4 is 16.6 Å². The molecule has 0 aliphatic carbocycles. The Morgan fingerprint density at radius 3 is 2.67 bits per heavy atom. The van der Waals surface area contributed by atoms with Gasteiger partial charge in [0.1, 0.15) is 11.6 Å². The van der Waals surface area contributed by atoms with Crippen LogP contribution in [0.2, 0.25) is 0 Å². The van der Waals surface area contributed by atoms with Crippen LogP contribution in [0.1, 0.15) is 0 Å². The smallest absolute Gasteiger partial charge is 0.125 e. The van der Waals surface area contributed by atoms with Gasteiger partial charge in [-0.15, -0.1) is 0 Å². The molecule has 0 bridgehead atoms. The lowest BCUT2D eigenvalue weighted by Crippen LogP contribution is -1.96. The number of aryl methyl sites for hydroxylation is 1. The van der Waals surface area contributed by atoms with Gasteiger partial charge in [0, 0.05) is 13.1 Å². The maximum atomic E-state index is 10.1. The number of hydrogen-bond donors (Lipinski definition) is 2. The first-order valence-electron chi connectivity index (χ1n) is 5.67. The monoisotopic (exact) mass is 239 g/mol. The van der Waals surface area contributed by atoms with E-state index in [-0.39, 0.29) is 5.75 Å². The summed E-state index contributed by atoms with van der Waals surface area (Å²) in [6.07, 6.45) is 0. The fourth-order valence-electron chi connectivity index (χ4n) is 2.13. The SMILES string of the molecule is Cn1nc(-c2c(O)ccc3ccccc23)cc1N. The first-order chi connectivity index (χ1) is 8.66. The highest BCUT2D eigenvalue weighted by molar-refractivity contribution is 5.99. The molecule has 90 valence electrons. The number of rotatable bonds is 1. The predicted molar refractivity (Wildman–Crippen MR) is 72.2 cm³/mol. The minimum absolute atomic E-state index is 0.215. The lowest BCUT2D eigenvalue weighted by Gasteiger charge is -2.06. The zero-order chi connectivity index (χ0) is 12.7. The van der Waals surface area contributed by atoms with Crippen LogP contribution in [0.5, 0.6) is 5.75 Å². The molecule has 0 spiro atoms. The third-order valence-electron chi connectivity index (χ3n) is 3.08. The van der Waals surface area contributed by atoms with Crippen molar-refractivity contribution in [3.05, 3.63) is 42.5 Å². The third-order valence-corrected chi connectivity index (χ3v) is 3.08. The first-order valence-corrected chi connectivity index (χ1v) is 5.67. The van der Waals surface area contributed by atoms with Crippen molar-refractivity contribution in [3.63, 3.8) is 0 Å². The van der Waals surface area contributed by atoms with E-state index in [9.17, 15) is 5.11 Å². The highest BCUT2D eigenvalue weighted by Gasteiger charge is 2.13. The van der Waals surface area contributed by atoms with E-state index >= 15 is 0 Å². The van der Waals surface area contributed by atoms with Crippen LogP contribution in [0.25, 0.3) is 22.0 Å². The van der Waals surface area contributed by atoms with Crippen molar-refractivity contribution < 1.29 is 5.11 Å². The number of phenolic OH excluding ortho intramolecular Hbond substituents is 1. The summed E-state index contributed by atoms with van der Waals surface area (Å²) in [6, 6.07) is 13.2. The van der Waals surface area contributed by atoms with Crippen molar-refractivity contribution in [2.75, 3.05) is 5.73 Å². The van der Waals surface area contributed by atoms with Crippen molar-refractivity contribution in [1.82, 2.24) is 9.78 Å². The molecule has 0 fully saturated rings. The summed E-state index contributed by atoms with van der Waals surface area (Å²) in [5.41, 5.74) is 7.20. The number of hydrogen-bond acceptors (Lipinski definition) is 3. The van der Waals surface area contributed by atoms with Crippen molar-refractivity contribution in [2.45, 2.75) is 0 Å². The Bertz CT molecular complexity index is 711. The van der Waals surface area contributed by atoms with Crippen LogP contribution in [-0.2, 0) is 7.05 Å². The van der Waals surface area contributed by atoms with Gasteiger partial charge in [-0.3, -0.25) is 4.68 Å². The third kappa shape index (κ3) is 1.50. The van der Waals surface area contributed by atoms with E-state index in [0.717, 1.165) is 16.3 Å². The van der Waals surface area contributed by atoms with Crippen LogP contribution < -0.4 is 5.73 Å². The van der Waals surface area contributed by atoms with Crippen LogP contribution in [0.4, 0.5) is 5.82 Å². The maximum absolute atomic E-state index is 10.1. The minimum atomic E-state index is 0.215. The molecule has 3 rings (SSSR count). The summed E-state index contributed by atoms with van der Waals surface area (Å²) in [5, 5.41) is 16.4. The van der Waals surface area contributed by atoms with Gasteiger partial charge in [-0.1, -0.05) is 30.3 Å². The van der Waals surface area contributed by atoms with Gasteiger partial charge in [-0.05, 0) is 16.8 Å². The molecule has 3 aromatic rings. The van der Waals surface area contributed by atoms with E-state index in [1.807, 2.05) is 30.3 Å². The second-order valence-electron chi connectivity index (χ2n) is 4.26. The molecule has 2 aromatic carbocycles. The number of phenols is 1. The molecule has 0 unspecified atom stereocenters. The normalized spacial score (nSPS) is 10.9. The number of aromatic hydroxyl groups is 1. The van der Waals surface area contributed by atoms with E-state index in [0.29, 0.717) is 11.5 Å². The fourth-order valence-corrected chi connectivity index (χ4v) is 2.13. The molecular formula is C14H13N3O. The predicted octanol–water partition coefficient (Wildman–Crippen LogP) is 2.53. The Morgan fingerprint density at radius 1 is 1.17 bits per heavy atom. The van der Waals surface area contributed by atoms with E-state index < -0.39 is 0 Å². The number of aromatic nitrogens is 2. The molecule has 0 saturated heterocycles. The van der Waals surface area contributed by atoms with Crippen LogP contribution in [0.3, 0.4) is 0 Å². The molecule has 1 aromatic heterocycles. The van der Waals surface area contributed by atoms with Crippen LogP contribution in [0, 0.1) is 0 Å². The highest BCUT2D eigenvalue weighted by atomic mass is 16.3. The number of fused-ring (bicyclic) bond motifs is 1. The zero-order valence-corrected chi connectivity index (χ0v) is 9.96. The van der Waals surface area contributed by atoms with E-state index in [1.54, 1.807) is 23.9 Å². The lowest BCUT2D eigenvalue weighted by atomic mass is 10.0. The average molecular weight is 239 g/mol. The van der Waals surface area contributed by atoms with Gasteiger partial charge in [0.25, 0.3) is 0 Å². The molecular weight excluding hydrogens is 226 g/mol. The number of nitrogen functional groups attached to an aromatic ring is 1. The Balaban J connectivity index is 2.37. The molecule has 3 N–H and O–H groups in total. The molecule has 0 amide bonds. The number of nitrogens with zero attached hydrogens (tertiary/aromatic N) is 2. The molecule has 0 aliphatic heterocycles. The molecule has 0 atom stereocenters. The van der Waals surface area contributed by atoms with Gasteiger partial charge in [-0.2, -0.15) is 5.10 Å². The Kier molecular flexibility index (Phi) is 2.23. The summed E-state index contributed by atoms with van der Waals surface area (Å²) in [7, 11) is 1.78. The minimum Gasteiger partial charge on any atom is -0.507 e. The maximum Gasteiger partial charge on any atom is 0.125 e. The molecule has 1 heterocycles. The van der Waals surface area contributed by atoms with E-state index in [1.165, 1.54) is 0 Å². The summed E-state index contributed by atoms with van der Waals surface area (Å²) in [5.74, 6) is 0.782. The van der Waals surface area contributed by atoms with Crippen LogP contribution >= 0.6 is 0 Å². The Labute approximate surface area is 104 Å². The van der Waals surface area contributed by atoms with Crippen LogP contribution in [0.15, 0.2) is 42.5 Å². The van der Waals surface area contributed by atoms with Crippen LogP contribution in [-0.4, -0.2) is 14.9 Å². The molecule has 0 aliphatic rings. The van der Waals surface area contributed by atoms with Gasteiger partial charge in [0.15, 0.2) is 0 Å². The number of nitrogens with two attached hydrogens (primary N) is 1. The van der Waals surface area contributed by atoms with Gasteiger partial charge in [-0.25, -0.2) is 0 Å². The zero-order valence-electron chi connectivity index (χ0n) is 9.96. The standard InChI is InChI=1S/C14H13N3O/c1-17-13(15)8-11(16-17)14-10-5-3-2-4-9(10)6-7-12(14)18/h2-8,18H,15H2,1H3. The lowest BCUT2D eigenvalue weighted by molar-refractivity contribution is 0.478. The summed E-state index contributed by atoms with van der Waals surface area (Å²) < 4.78 is 1.59. The molecule has 4 heteroatoms. The van der Waals surface area contributed by atoms with E-state index in [4.69, 9.17) is 5.73 Å². The molecule has 4 nitrogen and oxygen atoms in total. The van der Waals surface area contributed by atoms with Gasteiger partial charge in [0.05, 0.1) is 11.3 Å². The summed E-state index contributed by atoms with van der Waals surface area (Å²) >= 11 is 0. The topological polar surface area (TPSA) is 64.1 Å². The molecule has 0 saturated carbocycles. The first kappa shape index (κ1) is 10.7. The quantitative estimate of drug-likeness (QED) is 0.685. The number of benzene rings is 2. The van der Waals surface area contributed by atoms with Gasteiger partial charge in [0.2, 0.25) is 0 Å². The van der Waals surface area contributed by atoms with Gasteiger partial charge >= 0.3 is 0 Å². The fraction of sp³-hybridized carbons (Fsp3) is 0.0714. The Hall–Kier alpha value is -2.49. The van der Waals surface area contributed by atoms with Crippen molar-refractivity contribution in [1.29, 1.82) is 0 Å².